The fourth-order valence-corrected chi connectivity index (χ4v) is 3.95. The Hall–Kier alpha value is -2.65. The lowest BCUT2D eigenvalue weighted by atomic mass is 10.2. The van der Waals surface area contributed by atoms with Crippen molar-refractivity contribution in [2.24, 2.45) is 4.99 Å². The molecule has 1 fully saturated rings. The lowest BCUT2D eigenvalue weighted by molar-refractivity contribution is -0.127. The van der Waals surface area contributed by atoms with E-state index < -0.39 is 11.2 Å². The predicted molar refractivity (Wildman–Crippen MR) is 112 cm³/mol. The van der Waals surface area contributed by atoms with Gasteiger partial charge in [-0.25, -0.2) is 9.79 Å². The molecule has 144 valence electrons. The van der Waals surface area contributed by atoms with Gasteiger partial charge in [0.15, 0.2) is 5.17 Å². The van der Waals surface area contributed by atoms with Crippen LogP contribution in [0.1, 0.15) is 16.8 Å². The Bertz CT molecular complexity index is 962. The average molecular weight is 462 g/mol. The molecule has 2 N–H and O–H groups in total. The van der Waals surface area contributed by atoms with Crippen LogP contribution in [0.15, 0.2) is 58.0 Å². The number of carbonyl (C=O) groups is 3. The van der Waals surface area contributed by atoms with E-state index in [2.05, 4.69) is 26.2 Å². The minimum absolute atomic E-state index is 0.0372. The summed E-state index contributed by atoms with van der Waals surface area (Å²) in [6.45, 7) is 0. The van der Waals surface area contributed by atoms with Crippen LogP contribution in [0, 0.1) is 0 Å². The number of thioether (sulfide) groups is 1. The normalized spacial score (nSPS) is 17.8. The number of rotatable bonds is 5. The number of carboxylic acids is 1. The van der Waals surface area contributed by atoms with Crippen molar-refractivity contribution in [2.45, 2.75) is 11.7 Å². The van der Waals surface area contributed by atoms with Crippen molar-refractivity contribution in [1.29, 1.82) is 0 Å². The molecule has 9 heteroatoms. The monoisotopic (exact) mass is 461 g/mol. The van der Waals surface area contributed by atoms with Gasteiger partial charge < -0.3 is 10.4 Å². The van der Waals surface area contributed by atoms with E-state index in [-0.39, 0.29) is 23.8 Å². The molecule has 2 aromatic carbocycles. The molecule has 0 spiro atoms. The number of amides is 2. The summed E-state index contributed by atoms with van der Waals surface area (Å²) in [5.74, 6) is -1.64. The van der Waals surface area contributed by atoms with Gasteiger partial charge in [-0.2, -0.15) is 0 Å². The van der Waals surface area contributed by atoms with Crippen molar-refractivity contribution in [3.8, 4) is 0 Å². The third kappa shape index (κ3) is 4.79. The molecular formula is C19H16BrN3O4S. The standard InChI is InChI=1S/C19H16BrN3O4S/c1-23-17(25)15(28-19(23)22-13-7-5-12(20)6-8-13)10-16(24)21-14-4-2-3-11(9-14)18(26)27/h2-9,15H,10H2,1H3,(H,21,24)(H,26,27). The quantitative estimate of drug-likeness (QED) is 0.706. The summed E-state index contributed by atoms with van der Waals surface area (Å²) in [4.78, 5) is 41.7. The molecule has 0 aliphatic carbocycles. The summed E-state index contributed by atoms with van der Waals surface area (Å²) >= 11 is 4.59. The highest BCUT2D eigenvalue weighted by atomic mass is 79.9. The Kier molecular flexibility index (Phi) is 6.15. The highest BCUT2D eigenvalue weighted by Gasteiger charge is 2.37. The lowest BCUT2D eigenvalue weighted by Gasteiger charge is -2.09. The van der Waals surface area contributed by atoms with Crippen molar-refractivity contribution >= 4 is 62.0 Å². The van der Waals surface area contributed by atoms with E-state index in [1.165, 1.54) is 28.8 Å². The van der Waals surface area contributed by atoms with Gasteiger partial charge in [-0.15, -0.1) is 0 Å². The Labute approximate surface area is 174 Å². The summed E-state index contributed by atoms with van der Waals surface area (Å²) in [6.07, 6.45) is -0.0372. The van der Waals surface area contributed by atoms with E-state index in [0.29, 0.717) is 16.5 Å². The van der Waals surface area contributed by atoms with Crippen molar-refractivity contribution in [3.63, 3.8) is 0 Å². The van der Waals surface area contributed by atoms with E-state index in [1.807, 2.05) is 24.3 Å². The number of nitrogens with one attached hydrogen (secondary N) is 1. The first-order valence-electron chi connectivity index (χ1n) is 8.25. The molecule has 1 unspecified atom stereocenters. The first-order chi connectivity index (χ1) is 13.3. The summed E-state index contributed by atoms with van der Waals surface area (Å²) in [7, 11) is 1.63. The second kappa shape index (κ2) is 8.57. The first kappa shape index (κ1) is 20.1. The van der Waals surface area contributed by atoms with E-state index in [1.54, 1.807) is 19.2 Å². The summed E-state index contributed by atoms with van der Waals surface area (Å²) in [6, 6.07) is 13.3. The summed E-state index contributed by atoms with van der Waals surface area (Å²) in [5, 5.41) is 11.6. The minimum Gasteiger partial charge on any atom is -0.478 e. The Morgan fingerprint density at radius 3 is 2.64 bits per heavy atom. The second-order valence-electron chi connectivity index (χ2n) is 6.01. The number of benzene rings is 2. The highest BCUT2D eigenvalue weighted by Crippen LogP contribution is 2.31. The zero-order chi connectivity index (χ0) is 20.3. The highest BCUT2D eigenvalue weighted by molar-refractivity contribution is 9.10. The number of hydrogen-bond acceptors (Lipinski definition) is 5. The number of amidine groups is 1. The molecule has 1 saturated heterocycles. The van der Waals surface area contributed by atoms with Crippen molar-refractivity contribution in [3.05, 3.63) is 58.6 Å². The number of hydrogen-bond donors (Lipinski definition) is 2. The number of nitrogens with zero attached hydrogens (tertiary/aromatic N) is 2. The fourth-order valence-electron chi connectivity index (χ4n) is 2.53. The van der Waals surface area contributed by atoms with Gasteiger partial charge in [-0.05, 0) is 42.5 Å². The van der Waals surface area contributed by atoms with Crippen LogP contribution in [-0.4, -0.2) is 45.3 Å². The Balaban J connectivity index is 1.66. The smallest absolute Gasteiger partial charge is 0.335 e. The van der Waals surface area contributed by atoms with Crippen LogP contribution in [0.4, 0.5) is 11.4 Å². The zero-order valence-electron chi connectivity index (χ0n) is 14.8. The van der Waals surface area contributed by atoms with Gasteiger partial charge in [-0.3, -0.25) is 14.5 Å². The van der Waals surface area contributed by atoms with Gasteiger partial charge in [0.2, 0.25) is 11.8 Å². The summed E-state index contributed by atoms with van der Waals surface area (Å²) < 4.78 is 0.932. The molecule has 1 aliphatic heterocycles. The molecular weight excluding hydrogens is 446 g/mol. The van der Waals surface area contributed by atoms with Crippen LogP contribution in [0.5, 0.6) is 0 Å². The number of halogens is 1. The molecule has 1 aliphatic rings. The van der Waals surface area contributed by atoms with Crippen molar-refractivity contribution < 1.29 is 19.5 Å². The molecule has 0 saturated carbocycles. The van der Waals surface area contributed by atoms with Gasteiger partial charge >= 0.3 is 5.97 Å². The molecule has 28 heavy (non-hydrogen) atoms. The molecule has 3 rings (SSSR count). The fraction of sp³-hybridized carbons (Fsp3) is 0.158. The van der Waals surface area contributed by atoms with Gasteiger partial charge in [0.05, 0.1) is 11.3 Å². The number of aromatic carboxylic acids is 1. The van der Waals surface area contributed by atoms with E-state index in [9.17, 15) is 14.4 Å². The SMILES string of the molecule is CN1C(=O)C(CC(=O)Nc2cccc(C(=O)O)c2)SC1=Nc1ccc(Br)cc1. The number of carbonyl (C=O) groups excluding carboxylic acids is 2. The molecule has 1 heterocycles. The largest absolute Gasteiger partial charge is 0.478 e. The Morgan fingerprint density at radius 1 is 1.25 bits per heavy atom. The second-order valence-corrected chi connectivity index (χ2v) is 8.10. The third-order valence-corrected chi connectivity index (χ3v) is 5.71. The van der Waals surface area contributed by atoms with E-state index in [0.717, 1.165) is 4.47 Å². The Morgan fingerprint density at radius 2 is 1.96 bits per heavy atom. The van der Waals surface area contributed by atoms with Crippen LogP contribution in [0.2, 0.25) is 0 Å². The number of aliphatic imine (C=N–C) groups is 1. The first-order valence-corrected chi connectivity index (χ1v) is 9.92. The average Bonchev–Trinajstić information content (AvgIpc) is 2.91. The summed E-state index contributed by atoms with van der Waals surface area (Å²) in [5.41, 5.74) is 1.16. The molecule has 0 bridgehead atoms. The maximum absolute atomic E-state index is 12.5. The number of anilines is 1. The maximum Gasteiger partial charge on any atom is 0.335 e. The lowest BCUT2D eigenvalue weighted by Crippen LogP contribution is -2.30. The van der Waals surface area contributed by atoms with Crippen LogP contribution < -0.4 is 5.32 Å². The minimum atomic E-state index is -1.08. The maximum atomic E-state index is 12.5. The third-order valence-electron chi connectivity index (χ3n) is 3.96. The zero-order valence-corrected chi connectivity index (χ0v) is 17.2. The molecule has 2 amide bonds. The van der Waals surface area contributed by atoms with Crippen LogP contribution >= 0.6 is 27.7 Å². The predicted octanol–water partition coefficient (Wildman–Crippen LogP) is 3.74. The van der Waals surface area contributed by atoms with Crippen LogP contribution in [0.25, 0.3) is 0 Å². The topological polar surface area (TPSA) is 99.1 Å². The van der Waals surface area contributed by atoms with E-state index >= 15 is 0 Å². The molecule has 0 aromatic heterocycles. The van der Waals surface area contributed by atoms with Crippen LogP contribution in [0.3, 0.4) is 0 Å². The van der Waals surface area contributed by atoms with E-state index in [4.69, 9.17) is 5.11 Å². The molecule has 1 atom stereocenters. The van der Waals surface area contributed by atoms with Crippen LogP contribution in [-0.2, 0) is 9.59 Å². The molecule has 7 nitrogen and oxygen atoms in total. The van der Waals surface area contributed by atoms with Crippen molar-refractivity contribution in [2.75, 3.05) is 12.4 Å². The molecule has 0 radical (unpaired) electrons. The van der Waals surface area contributed by atoms with Gasteiger partial charge in [0.1, 0.15) is 5.25 Å². The van der Waals surface area contributed by atoms with Gasteiger partial charge in [-0.1, -0.05) is 33.8 Å². The van der Waals surface area contributed by atoms with Crippen molar-refractivity contribution in [1.82, 2.24) is 4.90 Å². The van der Waals surface area contributed by atoms with Gasteiger partial charge in [0.25, 0.3) is 0 Å². The van der Waals surface area contributed by atoms with Gasteiger partial charge in [0, 0.05) is 23.6 Å². The number of carboxylic acid groups (broad SMARTS) is 1. The molecule has 2 aromatic rings.